The Kier molecular flexibility index (Phi) is 5.41. The van der Waals surface area contributed by atoms with Gasteiger partial charge in [-0.3, -0.25) is 0 Å². The Morgan fingerprint density at radius 1 is 1.19 bits per heavy atom. The first-order valence-corrected chi connectivity index (χ1v) is 9.35. The van der Waals surface area contributed by atoms with Crippen molar-refractivity contribution in [3.63, 3.8) is 0 Å². The lowest BCUT2D eigenvalue weighted by Gasteiger charge is -2.12. The summed E-state index contributed by atoms with van der Waals surface area (Å²) in [4.78, 5) is 0.384. The number of aryl methyl sites for hydroxylation is 1. The van der Waals surface area contributed by atoms with Gasteiger partial charge in [-0.1, -0.05) is 33.3 Å². The largest absolute Gasteiger partial charge is 0.313 e. The standard InChI is InChI=1S/C16H26N2O2S/c1-4-12-7-8-15(9-14(12)11-17-6-3)21(19,20)18-16-10-13(16)5-2/h7-9,13,16-18H,4-6,10-11H2,1-3H3. The van der Waals surface area contributed by atoms with Crippen molar-refractivity contribution >= 4 is 10.0 Å². The summed E-state index contributed by atoms with van der Waals surface area (Å²) in [7, 11) is -3.39. The van der Waals surface area contributed by atoms with Crippen LogP contribution in [0.5, 0.6) is 0 Å². The molecule has 0 radical (unpaired) electrons. The molecule has 1 fully saturated rings. The van der Waals surface area contributed by atoms with Gasteiger partial charge >= 0.3 is 0 Å². The van der Waals surface area contributed by atoms with Gasteiger partial charge in [0.15, 0.2) is 0 Å². The highest BCUT2D eigenvalue weighted by Crippen LogP contribution is 2.34. The first-order valence-electron chi connectivity index (χ1n) is 7.86. The number of rotatable bonds is 8. The van der Waals surface area contributed by atoms with Crippen LogP contribution in [0.2, 0.25) is 0 Å². The third kappa shape index (κ3) is 4.05. The summed E-state index contributed by atoms with van der Waals surface area (Å²) in [6.45, 7) is 7.82. The number of sulfonamides is 1. The van der Waals surface area contributed by atoms with Crippen LogP contribution in [0.3, 0.4) is 0 Å². The molecule has 118 valence electrons. The molecule has 4 nitrogen and oxygen atoms in total. The Bertz CT molecular complexity index is 584. The molecule has 1 aromatic carbocycles. The highest BCUT2D eigenvalue weighted by atomic mass is 32.2. The summed E-state index contributed by atoms with van der Waals surface area (Å²) in [5, 5.41) is 3.27. The second kappa shape index (κ2) is 6.90. The summed E-state index contributed by atoms with van der Waals surface area (Å²) < 4.78 is 27.7. The third-order valence-electron chi connectivity index (χ3n) is 4.19. The molecular formula is C16H26N2O2S. The van der Waals surface area contributed by atoms with E-state index in [0.29, 0.717) is 17.4 Å². The maximum absolute atomic E-state index is 12.4. The molecule has 1 aliphatic carbocycles. The predicted octanol–water partition coefficient (Wildman–Crippen LogP) is 2.44. The van der Waals surface area contributed by atoms with E-state index in [1.165, 1.54) is 5.56 Å². The molecule has 2 rings (SSSR count). The summed E-state index contributed by atoms with van der Waals surface area (Å²) >= 11 is 0. The third-order valence-corrected chi connectivity index (χ3v) is 5.68. The number of nitrogens with one attached hydrogen (secondary N) is 2. The average Bonchev–Trinajstić information content (AvgIpc) is 3.22. The molecule has 0 bridgehead atoms. The van der Waals surface area contributed by atoms with Crippen molar-refractivity contribution in [1.82, 2.24) is 10.0 Å². The van der Waals surface area contributed by atoms with E-state index >= 15 is 0 Å². The summed E-state index contributed by atoms with van der Waals surface area (Å²) in [5.74, 6) is 0.510. The van der Waals surface area contributed by atoms with E-state index in [4.69, 9.17) is 0 Å². The zero-order valence-electron chi connectivity index (χ0n) is 13.1. The Labute approximate surface area is 128 Å². The summed E-state index contributed by atoms with van der Waals surface area (Å²) in [6, 6.07) is 5.60. The first kappa shape index (κ1) is 16.5. The van der Waals surface area contributed by atoms with E-state index in [1.807, 2.05) is 19.1 Å². The minimum absolute atomic E-state index is 0.128. The molecule has 0 spiro atoms. The molecule has 0 aliphatic heterocycles. The van der Waals surface area contributed by atoms with Gasteiger partial charge in [-0.05, 0) is 48.6 Å². The Morgan fingerprint density at radius 3 is 2.52 bits per heavy atom. The number of hydrogen-bond acceptors (Lipinski definition) is 3. The molecule has 1 saturated carbocycles. The molecule has 0 saturated heterocycles. The second-order valence-corrected chi connectivity index (χ2v) is 7.41. The molecular weight excluding hydrogens is 284 g/mol. The van der Waals surface area contributed by atoms with Crippen LogP contribution >= 0.6 is 0 Å². The molecule has 2 unspecified atom stereocenters. The molecule has 0 heterocycles. The lowest BCUT2D eigenvalue weighted by Crippen LogP contribution is -2.27. The molecule has 1 aliphatic rings. The topological polar surface area (TPSA) is 58.2 Å². The zero-order chi connectivity index (χ0) is 15.5. The fourth-order valence-electron chi connectivity index (χ4n) is 2.65. The van der Waals surface area contributed by atoms with Crippen LogP contribution in [0.4, 0.5) is 0 Å². The first-order chi connectivity index (χ1) is 10.0. The SMILES string of the molecule is CCNCc1cc(S(=O)(=O)NC2CC2CC)ccc1CC. The second-order valence-electron chi connectivity index (χ2n) is 5.70. The zero-order valence-corrected chi connectivity index (χ0v) is 14.0. The van der Waals surface area contributed by atoms with Gasteiger partial charge in [-0.25, -0.2) is 13.1 Å². The molecule has 0 amide bonds. The van der Waals surface area contributed by atoms with Gasteiger partial charge in [0.25, 0.3) is 0 Å². The monoisotopic (exact) mass is 310 g/mol. The molecule has 0 aromatic heterocycles. The van der Waals surface area contributed by atoms with Gasteiger partial charge in [-0.15, -0.1) is 0 Å². The Hall–Kier alpha value is -0.910. The van der Waals surface area contributed by atoms with E-state index in [9.17, 15) is 8.42 Å². The molecule has 5 heteroatoms. The quantitative estimate of drug-likeness (QED) is 0.775. The summed E-state index contributed by atoms with van der Waals surface area (Å²) in [6.07, 6.45) is 2.91. The van der Waals surface area contributed by atoms with Gasteiger partial charge < -0.3 is 5.32 Å². The van der Waals surface area contributed by atoms with Crippen molar-refractivity contribution in [2.75, 3.05) is 6.54 Å². The maximum Gasteiger partial charge on any atom is 0.240 e. The van der Waals surface area contributed by atoms with Crippen LogP contribution in [-0.4, -0.2) is 21.0 Å². The lowest BCUT2D eigenvalue weighted by molar-refractivity contribution is 0.575. The average molecular weight is 310 g/mol. The smallest absolute Gasteiger partial charge is 0.240 e. The highest BCUT2D eigenvalue weighted by molar-refractivity contribution is 7.89. The van der Waals surface area contributed by atoms with Gasteiger partial charge in [0.1, 0.15) is 0 Å². The van der Waals surface area contributed by atoms with Crippen molar-refractivity contribution in [3.05, 3.63) is 29.3 Å². The van der Waals surface area contributed by atoms with Crippen LogP contribution in [0, 0.1) is 5.92 Å². The minimum Gasteiger partial charge on any atom is -0.313 e. The van der Waals surface area contributed by atoms with Crippen molar-refractivity contribution in [2.24, 2.45) is 5.92 Å². The van der Waals surface area contributed by atoms with E-state index in [0.717, 1.165) is 31.4 Å². The van der Waals surface area contributed by atoms with Gasteiger partial charge in [0.05, 0.1) is 4.90 Å². The number of benzene rings is 1. The van der Waals surface area contributed by atoms with E-state index in [-0.39, 0.29) is 6.04 Å². The minimum atomic E-state index is -3.39. The van der Waals surface area contributed by atoms with E-state index in [1.54, 1.807) is 6.07 Å². The highest BCUT2D eigenvalue weighted by Gasteiger charge is 2.38. The normalized spacial score (nSPS) is 21.5. The van der Waals surface area contributed by atoms with Crippen molar-refractivity contribution in [2.45, 2.75) is 57.5 Å². The van der Waals surface area contributed by atoms with Crippen LogP contribution in [0.1, 0.15) is 44.7 Å². The maximum atomic E-state index is 12.4. The fraction of sp³-hybridized carbons (Fsp3) is 0.625. The Morgan fingerprint density at radius 2 is 1.95 bits per heavy atom. The molecule has 2 atom stereocenters. The van der Waals surface area contributed by atoms with Crippen molar-refractivity contribution in [3.8, 4) is 0 Å². The van der Waals surface area contributed by atoms with Gasteiger partial charge in [-0.2, -0.15) is 0 Å². The van der Waals surface area contributed by atoms with Crippen molar-refractivity contribution < 1.29 is 8.42 Å². The molecule has 21 heavy (non-hydrogen) atoms. The predicted molar refractivity (Wildman–Crippen MR) is 85.7 cm³/mol. The van der Waals surface area contributed by atoms with Crippen LogP contribution in [-0.2, 0) is 23.0 Å². The van der Waals surface area contributed by atoms with Crippen LogP contribution < -0.4 is 10.0 Å². The van der Waals surface area contributed by atoms with Crippen LogP contribution in [0.25, 0.3) is 0 Å². The summed E-state index contributed by atoms with van der Waals surface area (Å²) in [5.41, 5.74) is 2.28. The van der Waals surface area contributed by atoms with E-state index in [2.05, 4.69) is 23.9 Å². The van der Waals surface area contributed by atoms with Crippen molar-refractivity contribution in [1.29, 1.82) is 0 Å². The van der Waals surface area contributed by atoms with Gasteiger partial charge in [0.2, 0.25) is 10.0 Å². The fourth-order valence-corrected chi connectivity index (χ4v) is 4.02. The number of hydrogen-bond donors (Lipinski definition) is 2. The lowest BCUT2D eigenvalue weighted by atomic mass is 10.1. The molecule has 2 N–H and O–H groups in total. The Balaban J connectivity index is 2.18. The van der Waals surface area contributed by atoms with Crippen LogP contribution in [0.15, 0.2) is 23.1 Å². The van der Waals surface area contributed by atoms with Gasteiger partial charge in [0, 0.05) is 12.6 Å². The molecule has 1 aromatic rings. The van der Waals surface area contributed by atoms with E-state index < -0.39 is 10.0 Å².